The second-order valence-corrected chi connectivity index (χ2v) is 6.57. The molecule has 1 N–H and O–H groups in total. The molecule has 3 aromatic rings. The van der Waals surface area contributed by atoms with Gasteiger partial charge in [-0.1, -0.05) is 42.1 Å². The van der Waals surface area contributed by atoms with Crippen molar-refractivity contribution in [2.45, 2.75) is 11.8 Å². The van der Waals surface area contributed by atoms with Crippen molar-refractivity contribution in [2.75, 3.05) is 18.2 Å². The normalized spacial score (nSPS) is 10.7. The van der Waals surface area contributed by atoms with Gasteiger partial charge < -0.3 is 14.8 Å². The van der Waals surface area contributed by atoms with Crippen LogP contribution in [0, 0.1) is 0 Å². The van der Waals surface area contributed by atoms with Gasteiger partial charge in [0.2, 0.25) is 0 Å². The van der Waals surface area contributed by atoms with Crippen molar-refractivity contribution < 1.29 is 27.8 Å². The van der Waals surface area contributed by atoms with Crippen LogP contribution in [0.1, 0.15) is 10.5 Å². The van der Waals surface area contributed by atoms with Crippen LogP contribution in [0.4, 0.5) is 14.5 Å². The predicted molar refractivity (Wildman–Crippen MR) is 107 cm³/mol. The van der Waals surface area contributed by atoms with E-state index in [9.17, 15) is 18.4 Å². The molecule has 0 aliphatic rings. The van der Waals surface area contributed by atoms with Gasteiger partial charge in [-0.3, -0.25) is 9.36 Å². The molecular formula is C20H17F2N3O4S. The van der Waals surface area contributed by atoms with Gasteiger partial charge >= 0.3 is 12.6 Å². The Kier molecular flexibility index (Phi) is 7.02. The lowest BCUT2D eigenvalue weighted by Crippen LogP contribution is -2.22. The zero-order valence-corrected chi connectivity index (χ0v) is 16.6. The third-order valence-electron chi connectivity index (χ3n) is 3.85. The van der Waals surface area contributed by atoms with E-state index >= 15 is 0 Å². The highest BCUT2D eigenvalue weighted by molar-refractivity contribution is 7.98. The van der Waals surface area contributed by atoms with Gasteiger partial charge in [-0.25, -0.2) is 9.78 Å². The zero-order chi connectivity index (χ0) is 21.5. The Balaban J connectivity index is 1.69. The first-order chi connectivity index (χ1) is 14.5. The van der Waals surface area contributed by atoms with Crippen molar-refractivity contribution in [3.63, 3.8) is 0 Å². The lowest BCUT2D eigenvalue weighted by molar-refractivity contribution is -0.119. The van der Waals surface area contributed by atoms with Crippen molar-refractivity contribution >= 4 is 29.3 Å². The molecular weight excluding hydrogens is 416 g/mol. The van der Waals surface area contributed by atoms with E-state index in [-0.39, 0.29) is 17.1 Å². The Morgan fingerprint density at radius 2 is 1.83 bits per heavy atom. The number of nitrogens with zero attached hydrogens (tertiary/aromatic N) is 2. The van der Waals surface area contributed by atoms with Crippen LogP contribution in [-0.2, 0) is 9.53 Å². The molecule has 7 nitrogen and oxygen atoms in total. The SMILES string of the molecule is CSc1ncc(C(=O)OCC(=O)Nc2ccccc2OC(F)F)n1-c1ccccc1. The molecule has 0 aliphatic carbocycles. The number of anilines is 1. The first-order valence-corrected chi connectivity index (χ1v) is 9.90. The molecule has 0 radical (unpaired) electrons. The number of para-hydroxylation sites is 3. The van der Waals surface area contributed by atoms with Gasteiger partial charge in [0.25, 0.3) is 5.91 Å². The van der Waals surface area contributed by atoms with Crippen molar-refractivity contribution in [3.05, 3.63) is 66.5 Å². The summed E-state index contributed by atoms with van der Waals surface area (Å²) in [5.41, 5.74) is 0.909. The molecule has 0 fully saturated rings. The van der Waals surface area contributed by atoms with Crippen LogP contribution in [0.5, 0.6) is 5.75 Å². The van der Waals surface area contributed by atoms with E-state index in [0.29, 0.717) is 10.8 Å². The molecule has 3 rings (SSSR count). The van der Waals surface area contributed by atoms with Gasteiger partial charge in [0.15, 0.2) is 17.5 Å². The minimum Gasteiger partial charge on any atom is -0.451 e. The second kappa shape index (κ2) is 9.88. The molecule has 0 atom stereocenters. The van der Waals surface area contributed by atoms with Crippen LogP contribution in [-0.4, -0.2) is 40.9 Å². The summed E-state index contributed by atoms with van der Waals surface area (Å²) in [5.74, 6) is -1.65. The van der Waals surface area contributed by atoms with Crippen LogP contribution < -0.4 is 10.1 Å². The molecule has 0 saturated heterocycles. The summed E-state index contributed by atoms with van der Waals surface area (Å²) >= 11 is 1.35. The van der Waals surface area contributed by atoms with Gasteiger partial charge in [0.05, 0.1) is 11.9 Å². The van der Waals surface area contributed by atoms with E-state index in [1.807, 2.05) is 36.6 Å². The number of imidazole rings is 1. The highest BCUT2D eigenvalue weighted by atomic mass is 32.2. The van der Waals surface area contributed by atoms with Crippen molar-refractivity contribution in [2.24, 2.45) is 0 Å². The van der Waals surface area contributed by atoms with Gasteiger partial charge in [0, 0.05) is 5.69 Å². The summed E-state index contributed by atoms with van der Waals surface area (Å²) in [4.78, 5) is 28.9. The molecule has 30 heavy (non-hydrogen) atoms. The Hall–Kier alpha value is -3.40. The summed E-state index contributed by atoms with van der Waals surface area (Å²) in [6, 6.07) is 14.8. The average molecular weight is 433 g/mol. The van der Waals surface area contributed by atoms with E-state index in [4.69, 9.17) is 4.74 Å². The first-order valence-electron chi connectivity index (χ1n) is 8.67. The lowest BCUT2D eigenvalue weighted by atomic mass is 10.3. The van der Waals surface area contributed by atoms with Crippen LogP contribution in [0.3, 0.4) is 0 Å². The number of carbonyl (C=O) groups excluding carboxylic acids is 2. The number of halogens is 2. The third kappa shape index (κ3) is 5.15. The molecule has 156 valence electrons. The van der Waals surface area contributed by atoms with Crippen LogP contribution in [0.15, 0.2) is 66.0 Å². The van der Waals surface area contributed by atoms with Gasteiger partial charge in [-0.05, 0) is 30.5 Å². The number of rotatable bonds is 8. The largest absolute Gasteiger partial charge is 0.451 e. The summed E-state index contributed by atoms with van der Waals surface area (Å²) in [6.45, 7) is -3.65. The number of hydrogen-bond acceptors (Lipinski definition) is 6. The zero-order valence-electron chi connectivity index (χ0n) is 15.7. The van der Waals surface area contributed by atoms with Crippen LogP contribution in [0.2, 0.25) is 0 Å². The third-order valence-corrected chi connectivity index (χ3v) is 4.50. The number of amides is 1. The molecule has 0 bridgehead atoms. The maximum atomic E-state index is 12.5. The fourth-order valence-corrected chi connectivity index (χ4v) is 3.15. The van der Waals surface area contributed by atoms with Crippen molar-refractivity contribution in [1.82, 2.24) is 9.55 Å². The smallest absolute Gasteiger partial charge is 0.387 e. The number of esters is 1. The van der Waals surface area contributed by atoms with Crippen molar-refractivity contribution in [1.29, 1.82) is 0 Å². The number of alkyl halides is 2. The number of benzene rings is 2. The van der Waals surface area contributed by atoms with Crippen LogP contribution >= 0.6 is 11.8 Å². The topological polar surface area (TPSA) is 82.4 Å². The van der Waals surface area contributed by atoms with E-state index in [2.05, 4.69) is 15.0 Å². The summed E-state index contributed by atoms with van der Waals surface area (Å²) in [5, 5.41) is 2.96. The second-order valence-electron chi connectivity index (χ2n) is 5.80. The Labute approximate surface area is 175 Å². The lowest BCUT2D eigenvalue weighted by Gasteiger charge is -2.12. The molecule has 1 aromatic heterocycles. The molecule has 0 spiro atoms. The molecule has 1 amide bonds. The average Bonchev–Trinajstić information content (AvgIpc) is 3.18. The maximum absolute atomic E-state index is 12.5. The summed E-state index contributed by atoms with van der Waals surface area (Å²) < 4.78 is 36.0. The minimum atomic E-state index is -3.04. The fraction of sp³-hybridized carbons (Fsp3) is 0.150. The van der Waals surface area contributed by atoms with E-state index in [1.165, 1.54) is 36.2 Å². The van der Waals surface area contributed by atoms with Gasteiger partial charge in [0.1, 0.15) is 5.75 Å². The number of carbonyl (C=O) groups is 2. The highest BCUT2D eigenvalue weighted by Crippen LogP contribution is 2.25. The molecule has 2 aromatic carbocycles. The van der Waals surface area contributed by atoms with Gasteiger partial charge in [-0.15, -0.1) is 0 Å². The first kappa shape index (κ1) is 21.3. The Morgan fingerprint density at radius 1 is 1.13 bits per heavy atom. The van der Waals surface area contributed by atoms with Gasteiger partial charge in [-0.2, -0.15) is 8.78 Å². The fourth-order valence-electron chi connectivity index (χ4n) is 2.61. The number of aromatic nitrogens is 2. The number of hydrogen-bond donors (Lipinski definition) is 1. The highest BCUT2D eigenvalue weighted by Gasteiger charge is 2.20. The standard InChI is InChI=1S/C20H17F2N3O4S/c1-30-20-23-11-15(25(20)13-7-3-2-4-8-13)18(27)28-12-17(26)24-14-9-5-6-10-16(14)29-19(21)22/h2-11,19H,12H2,1H3,(H,24,26). The molecule has 1 heterocycles. The Morgan fingerprint density at radius 3 is 2.53 bits per heavy atom. The quantitative estimate of drug-likeness (QED) is 0.427. The number of nitrogens with one attached hydrogen (secondary N) is 1. The van der Waals surface area contributed by atoms with E-state index in [1.54, 1.807) is 10.6 Å². The minimum absolute atomic E-state index is 0.0397. The summed E-state index contributed by atoms with van der Waals surface area (Å²) in [6.07, 6.45) is 3.19. The molecule has 0 aliphatic heterocycles. The summed E-state index contributed by atoms with van der Waals surface area (Å²) in [7, 11) is 0. The van der Waals surface area contributed by atoms with E-state index < -0.39 is 25.1 Å². The van der Waals surface area contributed by atoms with Crippen LogP contribution in [0.25, 0.3) is 5.69 Å². The molecule has 0 unspecified atom stereocenters. The maximum Gasteiger partial charge on any atom is 0.387 e. The monoisotopic (exact) mass is 433 g/mol. The molecule has 0 saturated carbocycles. The predicted octanol–water partition coefficient (Wildman–Crippen LogP) is 3.99. The molecule has 10 heteroatoms. The van der Waals surface area contributed by atoms with Crippen molar-refractivity contribution in [3.8, 4) is 11.4 Å². The van der Waals surface area contributed by atoms with E-state index in [0.717, 1.165) is 0 Å². The Bertz CT molecular complexity index is 1030. The number of ether oxygens (including phenoxy) is 2. The number of thioether (sulfide) groups is 1.